The molecule has 2 unspecified atom stereocenters. The van der Waals surface area contributed by atoms with Crippen LogP contribution in [0.15, 0.2) is 12.1 Å². The van der Waals surface area contributed by atoms with Crippen LogP contribution in [0.3, 0.4) is 0 Å². The van der Waals surface area contributed by atoms with Gasteiger partial charge in [-0.2, -0.15) is 0 Å². The second kappa shape index (κ2) is 12.8. The van der Waals surface area contributed by atoms with Crippen LogP contribution in [0.25, 0.3) is 9.75 Å². The standard InChI is InChI=1S/C24H36S2Si.5CH3.2Sn/c1-5-9-11-19(7-3)17-27(18-20(8-4)12-10-6-2)21-13-15-25-23(21)24-22(27)14-16-26-24;;;;;;;/h13-14,19-20H,5-12,17-18H2,1-4H3;5*1H3;;. The van der Waals surface area contributed by atoms with Crippen LogP contribution >= 0.6 is 22.7 Å². The van der Waals surface area contributed by atoms with Gasteiger partial charge in [-0.25, -0.2) is 0 Å². The fourth-order valence-corrected chi connectivity index (χ4v) is 26.2. The van der Waals surface area contributed by atoms with Gasteiger partial charge in [0.25, 0.3) is 0 Å². The molecule has 1 aliphatic rings. The van der Waals surface area contributed by atoms with Crippen molar-refractivity contribution in [1.29, 1.82) is 0 Å². The van der Waals surface area contributed by atoms with E-state index in [1.807, 2.05) is 16.2 Å². The molecule has 0 bridgehead atoms. The van der Waals surface area contributed by atoms with Gasteiger partial charge < -0.3 is 0 Å². The molecular weight excluding hydrogens is 678 g/mol. The van der Waals surface area contributed by atoms with Crippen molar-refractivity contribution >= 4 is 85.0 Å². The molecule has 191 valence electrons. The van der Waals surface area contributed by atoms with Crippen molar-refractivity contribution < 1.29 is 0 Å². The van der Waals surface area contributed by atoms with E-state index in [-0.39, 0.29) is 0 Å². The molecule has 0 nitrogen and oxygen atoms in total. The average molecular weight is 729 g/mol. The fraction of sp³-hybridized carbons (Fsp3) is 0.724. The topological polar surface area (TPSA) is 0 Å². The second-order valence-electron chi connectivity index (χ2n) is 12.3. The molecule has 0 saturated heterocycles. The molecule has 2 atom stereocenters. The molecule has 34 heavy (non-hydrogen) atoms. The van der Waals surface area contributed by atoms with Gasteiger partial charge in [0.05, 0.1) is 0 Å². The third-order valence-electron chi connectivity index (χ3n) is 8.29. The molecule has 0 N–H and O–H groups in total. The SMILES string of the molecule is CCCCC(CC)C[Si]1(CC(CC)CCCC)c2c[c]([Sn]([CH3])[CH3])sc2-c2s[c]([Sn]([CH3])([CH3])[CH3])cc21. The Labute approximate surface area is 232 Å². The molecule has 1 radical (unpaired) electrons. The molecule has 1 aliphatic heterocycles. The monoisotopic (exact) mass is 731 g/mol. The second-order valence-corrected chi connectivity index (χ2v) is 42.1. The van der Waals surface area contributed by atoms with E-state index in [4.69, 9.17) is 0 Å². The average Bonchev–Trinajstić information content (AvgIpc) is 3.47. The molecule has 5 heteroatoms. The van der Waals surface area contributed by atoms with Gasteiger partial charge in [-0.15, -0.1) is 0 Å². The van der Waals surface area contributed by atoms with E-state index in [1.165, 1.54) is 63.5 Å². The van der Waals surface area contributed by atoms with Crippen molar-refractivity contribution in [3.63, 3.8) is 0 Å². The number of thiophene rings is 2. The van der Waals surface area contributed by atoms with E-state index in [0.29, 0.717) is 0 Å². The zero-order valence-electron chi connectivity index (χ0n) is 23.7. The predicted molar refractivity (Wildman–Crippen MR) is 169 cm³/mol. The molecule has 0 amide bonds. The maximum absolute atomic E-state index is 2.84. The van der Waals surface area contributed by atoms with Crippen LogP contribution < -0.4 is 16.2 Å². The van der Waals surface area contributed by atoms with Crippen LogP contribution in [0.4, 0.5) is 0 Å². The summed E-state index contributed by atoms with van der Waals surface area (Å²) in [4.78, 5) is 16.7. The van der Waals surface area contributed by atoms with Crippen LogP contribution in [0.5, 0.6) is 0 Å². The molecule has 0 fully saturated rings. The number of fused-ring (bicyclic) bond motifs is 3. The van der Waals surface area contributed by atoms with Gasteiger partial charge in [-0.05, 0) is 0 Å². The minimum atomic E-state index is -2.10. The molecule has 2 aromatic heterocycles. The summed E-state index contributed by atoms with van der Waals surface area (Å²) >= 11 is 1.05. The van der Waals surface area contributed by atoms with E-state index >= 15 is 0 Å². The summed E-state index contributed by atoms with van der Waals surface area (Å²) in [6, 6.07) is 8.73. The summed E-state index contributed by atoms with van der Waals surface area (Å²) in [6.07, 6.45) is 11.2. The first-order valence-electron chi connectivity index (χ1n) is 14.2. The van der Waals surface area contributed by atoms with Crippen LogP contribution in [0.1, 0.15) is 79.1 Å². The summed E-state index contributed by atoms with van der Waals surface area (Å²) in [5, 5.41) is 3.85. The summed E-state index contributed by atoms with van der Waals surface area (Å²) in [7, 11) is -1.74. The summed E-state index contributed by atoms with van der Waals surface area (Å²) < 4.78 is 3.68. The Kier molecular flexibility index (Phi) is 11.2. The Morgan fingerprint density at radius 1 is 0.794 bits per heavy atom. The zero-order valence-corrected chi connectivity index (χ0v) is 32.0. The van der Waals surface area contributed by atoms with Crippen molar-refractivity contribution in [1.82, 2.24) is 0 Å². The van der Waals surface area contributed by atoms with Crippen LogP contribution in [0, 0.1) is 11.8 Å². The van der Waals surface area contributed by atoms with Gasteiger partial charge >= 0.3 is 235 Å². The van der Waals surface area contributed by atoms with E-state index in [9.17, 15) is 0 Å². The fourth-order valence-electron chi connectivity index (χ4n) is 5.99. The normalized spacial score (nSPS) is 19.5. The molecule has 3 rings (SSSR count). The first-order chi connectivity index (χ1) is 16.1. The molecule has 0 aliphatic carbocycles. The predicted octanol–water partition coefficient (Wildman–Crippen LogP) is 8.29. The van der Waals surface area contributed by atoms with Crippen LogP contribution in [-0.2, 0) is 0 Å². The van der Waals surface area contributed by atoms with Crippen molar-refractivity contribution in [2.24, 2.45) is 11.8 Å². The Morgan fingerprint density at radius 3 is 1.74 bits per heavy atom. The Bertz CT molecular complexity index is 903. The van der Waals surface area contributed by atoms with E-state index < -0.39 is 46.2 Å². The molecule has 0 aromatic carbocycles. The maximum atomic E-state index is 2.84. The Hall–Kier alpha value is 1.21. The summed E-state index contributed by atoms with van der Waals surface area (Å²) in [6.45, 7) is 9.74. The third-order valence-corrected chi connectivity index (χ3v) is 32.6. The third kappa shape index (κ3) is 6.43. The van der Waals surface area contributed by atoms with Crippen molar-refractivity contribution in [2.75, 3.05) is 0 Å². The van der Waals surface area contributed by atoms with Crippen molar-refractivity contribution in [3.8, 4) is 9.75 Å². The summed E-state index contributed by atoms with van der Waals surface area (Å²) in [5.41, 5.74) is 0. The quantitative estimate of drug-likeness (QED) is 0.172. The van der Waals surface area contributed by atoms with E-state index in [1.54, 1.807) is 9.75 Å². The number of hydrogen-bond donors (Lipinski definition) is 0. The van der Waals surface area contributed by atoms with Gasteiger partial charge in [0, 0.05) is 0 Å². The summed E-state index contributed by atoms with van der Waals surface area (Å²) in [5.74, 6) is 1.83. The van der Waals surface area contributed by atoms with Gasteiger partial charge in [-0.3, -0.25) is 0 Å². The first kappa shape index (κ1) is 29.8. The molecule has 0 saturated carbocycles. The number of rotatable bonds is 14. The van der Waals surface area contributed by atoms with Crippen molar-refractivity contribution in [2.45, 2.75) is 116 Å². The van der Waals surface area contributed by atoms with E-state index in [2.05, 4.69) is 87.2 Å². The Morgan fingerprint density at radius 2 is 1.29 bits per heavy atom. The minimum absolute atomic E-state index is 0.917. The number of unbranched alkanes of at least 4 members (excludes halogenated alkanes) is 2. The van der Waals surface area contributed by atoms with Gasteiger partial charge in [-0.1, -0.05) is 0 Å². The Balaban J connectivity index is 2.20. The molecular formula is C29H51S2SiSn2. The zero-order chi connectivity index (χ0) is 25.1. The number of hydrogen-bond acceptors (Lipinski definition) is 2. The van der Waals surface area contributed by atoms with Crippen LogP contribution in [0.2, 0.25) is 36.8 Å². The molecule has 3 heterocycles. The van der Waals surface area contributed by atoms with Gasteiger partial charge in [0.1, 0.15) is 0 Å². The van der Waals surface area contributed by atoms with Gasteiger partial charge in [0.2, 0.25) is 0 Å². The molecule has 0 spiro atoms. The van der Waals surface area contributed by atoms with E-state index in [0.717, 1.165) is 11.8 Å². The van der Waals surface area contributed by atoms with Gasteiger partial charge in [0.15, 0.2) is 0 Å². The molecule has 2 aromatic rings. The van der Waals surface area contributed by atoms with Crippen LogP contribution in [-0.4, -0.2) is 46.2 Å². The first-order valence-corrected chi connectivity index (χ1v) is 35.4. The van der Waals surface area contributed by atoms with Crippen molar-refractivity contribution in [3.05, 3.63) is 12.1 Å².